The first kappa shape index (κ1) is 19.4. The van der Waals surface area contributed by atoms with Gasteiger partial charge >= 0.3 is 27.3 Å². The molecule has 2 unspecified atom stereocenters. The van der Waals surface area contributed by atoms with Crippen molar-refractivity contribution in [1.29, 1.82) is 0 Å². The summed E-state index contributed by atoms with van der Waals surface area (Å²) in [5, 5.41) is 3.75. The van der Waals surface area contributed by atoms with E-state index in [4.69, 9.17) is 19.1 Å². The lowest BCUT2D eigenvalue weighted by molar-refractivity contribution is -0.221. The Kier molecular flexibility index (Phi) is 4.56. The van der Waals surface area contributed by atoms with Crippen LogP contribution in [-0.2, 0) is 29.2 Å². The molecular formula is C15H20F2O8S. The van der Waals surface area contributed by atoms with Gasteiger partial charge in [-0.15, -0.1) is 0 Å². The van der Waals surface area contributed by atoms with Crippen molar-refractivity contribution in [3.05, 3.63) is 0 Å². The molecule has 0 radical (unpaired) electrons. The standard InChI is InChI=1S/C15H20F2O8S/c16-15(17,26(21,22)23)12(20)25-14-6-9-3-10(7-14)5-13(4-9,8-14)11(19)24-2-1-18/h9-10,18H,1-8H2,(H,21,22,23). The number of aliphatic hydroxyl groups excluding tert-OH is 1. The third kappa shape index (κ3) is 3.09. The van der Waals surface area contributed by atoms with Gasteiger partial charge in [-0.1, -0.05) is 0 Å². The molecule has 4 fully saturated rings. The van der Waals surface area contributed by atoms with Crippen LogP contribution >= 0.6 is 0 Å². The summed E-state index contributed by atoms with van der Waals surface area (Å²) in [5.74, 6) is -2.97. The molecule has 148 valence electrons. The van der Waals surface area contributed by atoms with Gasteiger partial charge in [-0.3, -0.25) is 9.35 Å². The van der Waals surface area contributed by atoms with Crippen molar-refractivity contribution in [3.8, 4) is 0 Å². The lowest BCUT2D eigenvalue weighted by Gasteiger charge is -2.59. The number of halogens is 2. The van der Waals surface area contributed by atoms with Crippen LogP contribution in [0, 0.1) is 17.3 Å². The maximum atomic E-state index is 13.6. The summed E-state index contributed by atoms with van der Waals surface area (Å²) in [4.78, 5) is 24.3. The van der Waals surface area contributed by atoms with Gasteiger partial charge in [-0.2, -0.15) is 17.2 Å². The highest BCUT2D eigenvalue weighted by atomic mass is 32.2. The fraction of sp³-hybridized carbons (Fsp3) is 0.867. The lowest BCUT2D eigenvalue weighted by Crippen LogP contribution is -2.61. The van der Waals surface area contributed by atoms with Crippen LogP contribution in [0.1, 0.15) is 38.5 Å². The Bertz CT molecular complexity index is 705. The number of alkyl halides is 2. The minimum absolute atomic E-state index is 0.0370. The molecule has 0 aromatic carbocycles. The van der Waals surface area contributed by atoms with Crippen molar-refractivity contribution in [2.45, 2.75) is 49.4 Å². The van der Waals surface area contributed by atoms with E-state index in [9.17, 15) is 26.8 Å². The first-order valence-electron chi connectivity index (χ1n) is 8.29. The minimum atomic E-state index is -5.96. The molecule has 0 aliphatic heterocycles. The van der Waals surface area contributed by atoms with Crippen LogP contribution < -0.4 is 0 Å². The maximum Gasteiger partial charge on any atom is 0.465 e. The van der Waals surface area contributed by atoms with Crippen LogP contribution in [0.5, 0.6) is 0 Å². The zero-order valence-electron chi connectivity index (χ0n) is 13.8. The molecule has 4 aliphatic carbocycles. The van der Waals surface area contributed by atoms with Crippen LogP contribution in [0.3, 0.4) is 0 Å². The van der Waals surface area contributed by atoms with E-state index < -0.39 is 38.3 Å². The van der Waals surface area contributed by atoms with Crippen molar-refractivity contribution in [3.63, 3.8) is 0 Å². The van der Waals surface area contributed by atoms with Crippen LogP contribution in [0.25, 0.3) is 0 Å². The fourth-order valence-electron chi connectivity index (χ4n) is 5.19. The summed E-state index contributed by atoms with van der Waals surface area (Å²) >= 11 is 0. The smallest absolute Gasteiger partial charge is 0.463 e. The maximum absolute atomic E-state index is 13.6. The van der Waals surface area contributed by atoms with E-state index >= 15 is 0 Å². The largest absolute Gasteiger partial charge is 0.465 e. The first-order valence-corrected chi connectivity index (χ1v) is 9.73. The van der Waals surface area contributed by atoms with Gasteiger partial charge in [-0.05, 0) is 43.9 Å². The van der Waals surface area contributed by atoms with Gasteiger partial charge in [0.1, 0.15) is 12.2 Å². The van der Waals surface area contributed by atoms with Gasteiger partial charge < -0.3 is 14.6 Å². The Morgan fingerprint density at radius 1 is 1.15 bits per heavy atom. The van der Waals surface area contributed by atoms with Gasteiger partial charge in [0.2, 0.25) is 0 Å². The molecule has 4 rings (SSSR count). The van der Waals surface area contributed by atoms with Crippen LogP contribution in [0.15, 0.2) is 0 Å². The molecule has 0 amide bonds. The van der Waals surface area contributed by atoms with Crippen LogP contribution in [-0.4, -0.2) is 54.1 Å². The zero-order chi connectivity index (χ0) is 19.4. The molecule has 0 aromatic rings. The zero-order valence-corrected chi connectivity index (χ0v) is 14.6. The topological polar surface area (TPSA) is 127 Å². The van der Waals surface area contributed by atoms with E-state index in [1.807, 2.05) is 0 Å². The number of hydrogen-bond donors (Lipinski definition) is 2. The van der Waals surface area contributed by atoms with Crippen molar-refractivity contribution >= 4 is 22.1 Å². The Morgan fingerprint density at radius 2 is 1.73 bits per heavy atom. The third-order valence-corrected chi connectivity index (χ3v) is 6.45. The monoisotopic (exact) mass is 398 g/mol. The predicted molar refractivity (Wildman–Crippen MR) is 80.5 cm³/mol. The Labute approximate surface area is 148 Å². The number of rotatable bonds is 6. The lowest BCUT2D eigenvalue weighted by atomic mass is 9.48. The first-order chi connectivity index (χ1) is 11.9. The second-order valence-electron chi connectivity index (χ2n) is 7.67. The molecule has 0 saturated heterocycles. The quantitative estimate of drug-likeness (QED) is 0.499. The molecule has 26 heavy (non-hydrogen) atoms. The average Bonchev–Trinajstić information content (AvgIpc) is 2.49. The normalized spacial score (nSPS) is 36.0. The Hall–Kier alpha value is -1.33. The molecule has 4 bridgehead atoms. The fourth-order valence-corrected chi connectivity index (χ4v) is 5.44. The van der Waals surface area contributed by atoms with E-state index in [0.717, 1.165) is 6.42 Å². The van der Waals surface area contributed by atoms with Crippen LogP contribution in [0.4, 0.5) is 8.78 Å². The summed E-state index contributed by atoms with van der Waals surface area (Å²) in [7, 11) is -5.96. The number of carbonyl (C=O) groups excluding carboxylic acids is 2. The van der Waals surface area contributed by atoms with Crippen molar-refractivity contribution < 1.29 is 45.9 Å². The summed E-state index contributed by atoms with van der Waals surface area (Å²) in [6.07, 6.45) is 2.19. The highest BCUT2D eigenvalue weighted by Crippen LogP contribution is 2.63. The van der Waals surface area contributed by atoms with Gasteiger partial charge in [0, 0.05) is 6.42 Å². The summed E-state index contributed by atoms with van der Waals surface area (Å²) < 4.78 is 67.3. The number of aliphatic hydroxyl groups is 1. The van der Waals surface area contributed by atoms with Gasteiger partial charge in [0.05, 0.1) is 12.0 Å². The van der Waals surface area contributed by atoms with Gasteiger partial charge in [0.15, 0.2) is 0 Å². The van der Waals surface area contributed by atoms with E-state index in [1.165, 1.54) is 0 Å². The van der Waals surface area contributed by atoms with Gasteiger partial charge in [0.25, 0.3) is 0 Å². The van der Waals surface area contributed by atoms with E-state index in [-0.39, 0.29) is 44.3 Å². The molecule has 4 aliphatic rings. The third-order valence-electron chi connectivity index (χ3n) is 5.64. The molecule has 8 nitrogen and oxygen atoms in total. The Morgan fingerprint density at radius 3 is 2.23 bits per heavy atom. The molecule has 0 heterocycles. The highest BCUT2D eigenvalue weighted by molar-refractivity contribution is 7.87. The summed E-state index contributed by atoms with van der Waals surface area (Å²) in [6, 6.07) is 0. The Balaban J connectivity index is 1.84. The second kappa shape index (κ2) is 6.10. The number of carbonyl (C=O) groups is 2. The SMILES string of the molecule is O=C(OCCO)C12CC3CC(CC(OC(=O)C(F)(F)S(=O)(=O)O)(C3)C1)C2. The van der Waals surface area contributed by atoms with Crippen molar-refractivity contribution in [1.82, 2.24) is 0 Å². The van der Waals surface area contributed by atoms with E-state index in [1.54, 1.807) is 0 Å². The molecule has 4 saturated carbocycles. The molecule has 2 atom stereocenters. The highest BCUT2D eigenvalue weighted by Gasteiger charge is 2.65. The minimum Gasteiger partial charge on any atom is -0.463 e. The molecule has 2 N–H and O–H groups in total. The van der Waals surface area contributed by atoms with E-state index in [2.05, 4.69) is 0 Å². The van der Waals surface area contributed by atoms with E-state index in [0.29, 0.717) is 12.8 Å². The average molecular weight is 398 g/mol. The second-order valence-corrected chi connectivity index (χ2v) is 9.13. The summed E-state index contributed by atoms with van der Waals surface area (Å²) in [5.41, 5.74) is -2.37. The number of hydrogen-bond acceptors (Lipinski definition) is 7. The summed E-state index contributed by atoms with van der Waals surface area (Å²) in [6.45, 7) is -0.543. The van der Waals surface area contributed by atoms with Crippen molar-refractivity contribution in [2.75, 3.05) is 13.2 Å². The predicted octanol–water partition coefficient (Wildman–Crippen LogP) is 0.885. The molecular weight excluding hydrogens is 378 g/mol. The molecule has 0 spiro atoms. The molecule has 0 aromatic heterocycles. The van der Waals surface area contributed by atoms with Crippen molar-refractivity contribution in [2.24, 2.45) is 17.3 Å². The van der Waals surface area contributed by atoms with Gasteiger partial charge in [-0.25, -0.2) is 4.79 Å². The number of ether oxygens (including phenoxy) is 2. The van der Waals surface area contributed by atoms with Crippen LogP contribution in [0.2, 0.25) is 0 Å². The molecule has 11 heteroatoms. The number of esters is 2.